The third-order valence-electron chi connectivity index (χ3n) is 4.16. The molecule has 1 aliphatic rings. The minimum atomic E-state index is -2.21. The lowest BCUT2D eigenvalue weighted by molar-refractivity contribution is -0.0891. The molecule has 3 N–H and O–H groups in total. The van der Waals surface area contributed by atoms with Crippen LogP contribution in [0.15, 0.2) is 17.4 Å². The highest BCUT2D eigenvalue weighted by atomic mass is 19.1. The highest BCUT2D eigenvalue weighted by Gasteiger charge is 2.63. The first-order valence-electron chi connectivity index (χ1n) is 6.38. The molecule has 1 saturated heterocycles. The number of rotatable bonds is 2. The van der Waals surface area contributed by atoms with Gasteiger partial charge in [-0.25, -0.2) is 14.4 Å². The number of aromatic nitrogens is 4. The predicted molar refractivity (Wildman–Crippen MR) is 69.3 cm³/mol. The van der Waals surface area contributed by atoms with Crippen LogP contribution in [0.1, 0.15) is 20.1 Å². The van der Waals surface area contributed by atoms with E-state index in [4.69, 9.17) is 4.74 Å². The van der Waals surface area contributed by atoms with Crippen molar-refractivity contribution in [3.63, 3.8) is 0 Å². The van der Waals surface area contributed by atoms with Crippen molar-refractivity contribution in [2.24, 2.45) is 0 Å². The zero-order valence-corrected chi connectivity index (χ0v) is 11.4. The summed E-state index contributed by atoms with van der Waals surface area (Å²) in [5, 5.41) is 19.6. The minimum Gasteiger partial charge on any atom is -0.394 e. The molecule has 0 unspecified atom stereocenters. The fourth-order valence-corrected chi connectivity index (χ4v) is 2.56. The number of aromatic amines is 1. The maximum Gasteiger partial charge on any atom is 0.278 e. The van der Waals surface area contributed by atoms with Gasteiger partial charge in [0.2, 0.25) is 0 Å². The molecule has 1 aliphatic heterocycles. The number of halogens is 1. The van der Waals surface area contributed by atoms with Crippen molar-refractivity contribution in [3.8, 4) is 0 Å². The van der Waals surface area contributed by atoms with Crippen LogP contribution in [0.3, 0.4) is 0 Å². The van der Waals surface area contributed by atoms with Crippen LogP contribution < -0.4 is 5.56 Å². The summed E-state index contributed by atoms with van der Waals surface area (Å²) in [5.74, 6) is 0. The molecule has 0 aromatic carbocycles. The summed E-state index contributed by atoms with van der Waals surface area (Å²) in [6.45, 7) is 1.89. The molecule has 2 aromatic rings. The van der Waals surface area contributed by atoms with Gasteiger partial charge in [0.25, 0.3) is 5.56 Å². The van der Waals surface area contributed by atoms with Crippen molar-refractivity contribution in [2.75, 3.05) is 6.61 Å². The Morgan fingerprint density at radius 2 is 2.24 bits per heavy atom. The van der Waals surface area contributed by atoms with E-state index >= 15 is 4.39 Å². The molecule has 1 fully saturated rings. The molecule has 0 radical (unpaired) electrons. The standard InChI is InChI=1S/C12H15FN4O4/c1-11(13)10(21-6(3-18)12(11,2)20)17-5-16-7-8(17)14-4-15-9(7)19/h4-6,10,18,20H,3H2,1-2H3,(H,14,15,19)/t6-,10+,11-,12-/m1/s1. The van der Waals surface area contributed by atoms with Crippen molar-refractivity contribution in [1.29, 1.82) is 0 Å². The van der Waals surface area contributed by atoms with E-state index in [2.05, 4.69) is 15.0 Å². The van der Waals surface area contributed by atoms with Crippen LogP contribution in [0.4, 0.5) is 4.39 Å². The van der Waals surface area contributed by atoms with Gasteiger partial charge >= 0.3 is 0 Å². The number of imidazole rings is 1. The quantitative estimate of drug-likeness (QED) is 0.688. The van der Waals surface area contributed by atoms with Crippen LogP contribution in [0.25, 0.3) is 11.2 Å². The monoisotopic (exact) mass is 298 g/mol. The minimum absolute atomic E-state index is 0.0454. The summed E-state index contributed by atoms with van der Waals surface area (Å²) < 4.78 is 21.7. The molecule has 21 heavy (non-hydrogen) atoms. The van der Waals surface area contributed by atoms with Crippen LogP contribution in [-0.2, 0) is 4.74 Å². The van der Waals surface area contributed by atoms with E-state index in [-0.39, 0.29) is 11.2 Å². The number of alkyl halides is 1. The molecule has 4 atom stereocenters. The molecule has 0 aliphatic carbocycles. The van der Waals surface area contributed by atoms with Crippen molar-refractivity contribution in [1.82, 2.24) is 19.5 Å². The van der Waals surface area contributed by atoms with E-state index in [1.807, 2.05) is 0 Å². The average Bonchev–Trinajstić information content (AvgIpc) is 2.90. The molecule has 8 nitrogen and oxygen atoms in total. The number of fused-ring (bicyclic) bond motifs is 1. The Balaban J connectivity index is 2.15. The first kappa shape index (κ1) is 14.1. The molecule has 0 saturated carbocycles. The van der Waals surface area contributed by atoms with E-state index < -0.39 is 35.8 Å². The summed E-state index contributed by atoms with van der Waals surface area (Å²) >= 11 is 0. The van der Waals surface area contributed by atoms with Gasteiger partial charge in [-0.3, -0.25) is 9.36 Å². The maximum absolute atomic E-state index is 15.0. The molecule has 0 bridgehead atoms. The normalized spacial score (nSPS) is 36.4. The number of hydrogen-bond donors (Lipinski definition) is 3. The Morgan fingerprint density at radius 3 is 2.86 bits per heavy atom. The van der Waals surface area contributed by atoms with E-state index in [0.717, 1.165) is 0 Å². The smallest absolute Gasteiger partial charge is 0.278 e. The molecular formula is C12H15FN4O4. The van der Waals surface area contributed by atoms with Gasteiger partial charge < -0.3 is 19.9 Å². The van der Waals surface area contributed by atoms with Gasteiger partial charge in [-0.2, -0.15) is 0 Å². The second-order valence-corrected chi connectivity index (χ2v) is 5.44. The Kier molecular flexibility index (Phi) is 2.91. The summed E-state index contributed by atoms with van der Waals surface area (Å²) in [7, 11) is 0. The first-order chi connectivity index (χ1) is 9.80. The van der Waals surface area contributed by atoms with Gasteiger partial charge in [-0.05, 0) is 13.8 Å². The fourth-order valence-electron chi connectivity index (χ4n) is 2.56. The number of nitrogens with zero attached hydrogens (tertiary/aromatic N) is 3. The molecule has 0 amide bonds. The van der Waals surface area contributed by atoms with Gasteiger partial charge in [-0.1, -0.05) is 0 Å². The van der Waals surface area contributed by atoms with Crippen LogP contribution >= 0.6 is 0 Å². The molecule has 114 valence electrons. The Labute approximate surface area is 118 Å². The van der Waals surface area contributed by atoms with Gasteiger partial charge in [0.05, 0.1) is 19.3 Å². The summed E-state index contributed by atoms with van der Waals surface area (Å²) in [6, 6.07) is 0. The Hall–Kier alpha value is -1.84. The zero-order chi connectivity index (χ0) is 15.4. The average molecular weight is 298 g/mol. The first-order valence-corrected chi connectivity index (χ1v) is 6.38. The van der Waals surface area contributed by atoms with Crippen molar-refractivity contribution < 1.29 is 19.3 Å². The van der Waals surface area contributed by atoms with Gasteiger partial charge in [0, 0.05) is 0 Å². The van der Waals surface area contributed by atoms with Crippen LogP contribution in [-0.4, -0.2) is 53.7 Å². The van der Waals surface area contributed by atoms with Crippen molar-refractivity contribution in [3.05, 3.63) is 23.0 Å². The highest BCUT2D eigenvalue weighted by Crippen LogP contribution is 2.48. The molecular weight excluding hydrogens is 283 g/mol. The van der Waals surface area contributed by atoms with E-state index in [9.17, 15) is 15.0 Å². The topological polar surface area (TPSA) is 113 Å². The molecule has 9 heteroatoms. The van der Waals surface area contributed by atoms with E-state index in [1.54, 1.807) is 0 Å². The van der Waals surface area contributed by atoms with Crippen LogP contribution in [0.2, 0.25) is 0 Å². The summed E-state index contributed by atoms with van der Waals surface area (Å²) in [5.41, 5.74) is -4.38. The van der Waals surface area contributed by atoms with E-state index in [0.29, 0.717) is 0 Å². The van der Waals surface area contributed by atoms with Gasteiger partial charge in [-0.15, -0.1) is 0 Å². The molecule has 3 rings (SSSR count). The molecule has 3 heterocycles. The lowest BCUT2D eigenvalue weighted by Crippen LogP contribution is -2.51. The summed E-state index contributed by atoms with van der Waals surface area (Å²) in [6.07, 6.45) is 0.0428. The number of H-pyrrole nitrogens is 1. The second-order valence-electron chi connectivity index (χ2n) is 5.44. The number of hydrogen-bond acceptors (Lipinski definition) is 6. The third-order valence-corrected chi connectivity index (χ3v) is 4.16. The van der Waals surface area contributed by atoms with Crippen molar-refractivity contribution in [2.45, 2.75) is 37.4 Å². The maximum atomic E-state index is 15.0. The fraction of sp³-hybridized carbons (Fsp3) is 0.583. The van der Waals surface area contributed by atoms with Gasteiger partial charge in [0.15, 0.2) is 23.1 Å². The third kappa shape index (κ3) is 1.74. The number of ether oxygens (including phenoxy) is 1. The lowest BCUT2D eigenvalue weighted by atomic mass is 9.85. The largest absolute Gasteiger partial charge is 0.394 e. The lowest BCUT2D eigenvalue weighted by Gasteiger charge is -2.32. The van der Waals surface area contributed by atoms with Gasteiger partial charge in [0.1, 0.15) is 11.7 Å². The molecule has 0 spiro atoms. The predicted octanol–water partition coefficient (Wildman–Crippen LogP) is -0.512. The number of aliphatic hydroxyl groups is 2. The summed E-state index contributed by atoms with van der Waals surface area (Å²) in [4.78, 5) is 21.8. The van der Waals surface area contributed by atoms with Crippen LogP contribution in [0.5, 0.6) is 0 Å². The highest BCUT2D eigenvalue weighted by molar-refractivity contribution is 5.69. The zero-order valence-electron chi connectivity index (χ0n) is 11.4. The van der Waals surface area contributed by atoms with Crippen molar-refractivity contribution >= 4 is 11.2 Å². The SMILES string of the molecule is C[C@@]1(O)[C@@H](CO)O[C@H](n2cnc3c(=O)[nH]cnc32)[C@@]1(C)F. The number of aliphatic hydroxyl groups excluding tert-OH is 1. The second kappa shape index (κ2) is 4.33. The van der Waals surface area contributed by atoms with Crippen LogP contribution in [0, 0.1) is 0 Å². The Morgan fingerprint density at radius 1 is 1.52 bits per heavy atom. The Bertz CT molecular complexity index is 738. The molecule has 2 aromatic heterocycles. The van der Waals surface area contributed by atoms with E-state index in [1.165, 1.54) is 31.1 Å². The number of nitrogens with one attached hydrogen (secondary N) is 1.